The van der Waals surface area contributed by atoms with Gasteiger partial charge in [-0.2, -0.15) is 26.3 Å². The molecule has 0 unspecified atom stereocenters. The molecular weight excluding hydrogens is 426 g/mol. The van der Waals surface area contributed by atoms with Crippen LogP contribution in [0.4, 0.5) is 31.5 Å². The second kappa shape index (κ2) is 7.93. The summed E-state index contributed by atoms with van der Waals surface area (Å²) in [5, 5.41) is 2.54. The van der Waals surface area contributed by atoms with Crippen molar-refractivity contribution >= 4 is 22.4 Å². The van der Waals surface area contributed by atoms with Gasteiger partial charge in [0.05, 0.1) is 11.1 Å². The van der Waals surface area contributed by atoms with E-state index < -0.39 is 29.4 Å². The van der Waals surface area contributed by atoms with Gasteiger partial charge in [0.25, 0.3) is 5.91 Å². The molecule has 1 aliphatic rings. The smallest absolute Gasteiger partial charge is 0.416 e. The number of carbonyl (C=O) groups excluding carboxylic acids is 1. The molecular formula is C17H12F6N2O3S. The molecule has 29 heavy (non-hydrogen) atoms. The zero-order valence-electron chi connectivity index (χ0n) is 14.4. The molecule has 5 nitrogen and oxygen atoms in total. The van der Waals surface area contributed by atoms with E-state index in [0.29, 0.717) is 23.6 Å². The maximum Gasteiger partial charge on any atom is 0.416 e. The number of hydrogen-bond acceptors (Lipinski definition) is 5. The Morgan fingerprint density at radius 3 is 2.28 bits per heavy atom. The number of nitrogens with zero attached hydrogens (tertiary/aromatic N) is 1. The third kappa shape index (κ3) is 5.40. The van der Waals surface area contributed by atoms with Gasteiger partial charge < -0.3 is 9.47 Å². The van der Waals surface area contributed by atoms with Crippen LogP contribution in [0.25, 0.3) is 0 Å². The van der Waals surface area contributed by atoms with Gasteiger partial charge in [0, 0.05) is 17.5 Å². The Morgan fingerprint density at radius 1 is 1.07 bits per heavy atom. The Labute approximate surface area is 164 Å². The number of nitrogens with one attached hydrogen (secondary N) is 1. The number of halogens is 6. The molecule has 0 bridgehead atoms. The lowest BCUT2D eigenvalue weighted by Crippen LogP contribution is -2.20. The molecule has 1 aromatic carbocycles. The number of amides is 1. The number of alkyl halides is 6. The normalized spacial score (nSPS) is 14.6. The van der Waals surface area contributed by atoms with Crippen molar-refractivity contribution in [2.45, 2.75) is 18.8 Å². The van der Waals surface area contributed by atoms with Gasteiger partial charge in [-0.1, -0.05) is 0 Å². The van der Waals surface area contributed by atoms with E-state index in [4.69, 9.17) is 9.47 Å². The minimum Gasteiger partial charge on any atom is -0.494 e. The summed E-state index contributed by atoms with van der Waals surface area (Å²) in [6.07, 6.45) is -7.66. The molecule has 3 rings (SSSR count). The maximum atomic E-state index is 12.9. The van der Waals surface area contributed by atoms with Crippen LogP contribution in [-0.4, -0.2) is 24.1 Å². The van der Waals surface area contributed by atoms with Crippen LogP contribution >= 0.6 is 11.3 Å². The van der Waals surface area contributed by atoms with Crippen molar-refractivity contribution in [3.8, 4) is 0 Å². The lowest BCUT2D eigenvalue weighted by Gasteiger charge is -2.14. The SMILES string of the molecule is O=C(Nc1ncc(Cc2cc(C(F)(F)F)cc(C(F)(F)F)c2)s1)C1=COCCO1. The minimum absolute atomic E-state index is 0.0688. The highest BCUT2D eigenvalue weighted by Gasteiger charge is 2.36. The summed E-state index contributed by atoms with van der Waals surface area (Å²) in [5.41, 5.74) is -2.95. The standard InChI is InChI=1S/C17H12F6N2O3S/c18-16(19,20)10-3-9(4-11(6-10)17(21,22)23)5-12-7-24-15(29-12)25-14(26)13-8-27-1-2-28-13/h3-4,6-8H,1-2,5H2,(H,24,25,26). The quantitative estimate of drug-likeness (QED) is 0.709. The van der Waals surface area contributed by atoms with E-state index in [9.17, 15) is 31.1 Å². The van der Waals surface area contributed by atoms with Crippen LogP contribution in [0.5, 0.6) is 0 Å². The number of carbonyl (C=O) groups is 1. The maximum absolute atomic E-state index is 12.9. The molecule has 0 aliphatic carbocycles. The van der Waals surface area contributed by atoms with Crippen LogP contribution in [-0.2, 0) is 33.0 Å². The van der Waals surface area contributed by atoms with Gasteiger partial charge in [0.2, 0.25) is 5.76 Å². The van der Waals surface area contributed by atoms with Crippen molar-refractivity contribution in [1.82, 2.24) is 4.98 Å². The fourth-order valence-electron chi connectivity index (χ4n) is 2.42. The molecule has 1 amide bonds. The first-order chi connectivity index (χ1) is 13.5. The van der Waals surface area contributed by atoms with E-state index in [2.05, 4.69) is 10.3 Å². The van der Waals surface area contributed by atoms with Crippen LogP contribution in [0.3, 0.4) is 0 Å². The largest absolute Gasteiger partial charge is 0.494 e. The summed E-state index contributed by atoms with van der Waals surface area (Å²) in [4.78, 5) is 16.2. The van der Waals surface area contributed by atoms with Gasteiger partial charge in [-0.15, -0.1) is 11.3 Å². The number of benzene rings is 1. The number of ether oxygens (including phenoxy) is 2. The van der Waals surface area contributed by atoms with Gasteiger partial charge in [-0.05, 0) is 23.8 Å². The molecule has 0 saturated heterocycles. The topological polar surface area (TPSA) is 60.5 Å². The summed E-state index contributed by atoms with van der Waals surface area (Å²) in [6.45, 7) is 0.495. The van der Waals surface area contributed by atoms with Crippen molar-refractivity contribution in [3.63, 3.8) is 0 Å². The Balaban J connectivity index is 1.78. The monoisotopic (exact) mass is 438 g/mol. The van der Waals surface area contributed by atoms with E-state index in [-0.39, 0.29) is 35.5 Å². The Kier molecular flexibility index (Phi) is 5.73. The molecule has 12 heteroatoms. The predicted molar refractivity (Wildman–Crippen MR) is 90.0 cm³/mol. The second-order valence-electron chi connectivity index (χ2n) is 5.88. The molecule has 0 atom stereocenters. The molecule has 1 aromatic heterocycles. The number of hydrogen-bond donors (Lipinski definition) is 1. The molecule has 2 aromatic rings. The molecule has 0 radical (unpaired) electrons. The van der Waals surface area contributed by atoms with Crippen molar-refractivity contribution in [2.24, 2.45) is 0 Å². The fraction of sp³-hybridized carbons (Fsp3) is 0.294. The average molecular weight is 438 g/mol. The van der Waals surface area contributed by atoms with E-state index in [1.807, 2.05) is 0 Å². The van der Waals surface area contributed by atoms with Crippen LogP contribution in [0.15, 0.2) is 36.4 Å². The Bertz CT molecular complexity index is 904. The van der Waals surface area contributed by atoms with Crippen molar-refractivity contribution in [2.75, 3.05) is 18.5 Å². The molecule has 1 N–H and O–H groups in total. The molecule has 2 heterocycles. The summed E-state index contributed by atoms with van der Waals surface area (Å²) < 4.78 is 87.7. The first-order valence-electron chi connectivity index (χ1n) is 8.01. The number of thiazole rings is 1. The van der Waals surface area contributed by atoms with E-state index in [1.165, 1.54) is 6.20 Å². The first kappa shape index (κ1) is 21.0. The predicted octanol–water partition coefficient (Wildman–Crippen LogP) is 4.60. The molecule has 156 valence electrons. The Morgan fingerprint density at radius 2 is 1.72 bits per heavy atom. The second-order valence-corrected chi connectivity index (χ2v) is 6.99. The molecule has 0 fully saturated rings. The van der Waals surface area contributed by atoms with Crippen LogP contribution < -0.4 is 5.32 Å². The highest BCUT2D eigenvalue weighted by atomic mass is 32.1. The third-order valence-electron chi connectivity index (χ3n) is 3.67. The van der Waals surface area contributed by atoms with Gasteiger partial charge in [0.1, 0.15) is 19.5 Å². The zero-order valence-corrected chi connectivity index (χ0v) is 15.2. The van der Waals surface area contributed by atoms with Crippen LogP contribution in [0, 0.1) is 0 Å². The zero-order chi connectivity index (χ0) is 21.2. The first-order valence-corrected chi connectivity index (χ1v) is 8.83. The summed E-state index contributed by atoms with van der Waals surface area (Å²) >= 11 is 0.918. The van der Waals surface area contributed by atoms with Crippen molar-refractivity contribution < 1.29 is 40.6 Å². The van der Waals surface area contributed by atoms with Crippen LogP contribution in [0.2, 0.25) is 0 Å². The molecule has 1 aliphatic heterocycles. The third-order valence-corrected chi connectivity index (χ3v) is 4.59. The number of aromatic nitrogens is 1. The lowest BCUT2D eigenvalue weighted by molar-refractivity contribution is -0.143. The Hall–Kier alpha value is -2.76. The number of anilines is 1. The van der Waals surface area contributed by atoms with Crippen LogP contribution in [0.1, 0.15) is 21.6 Å². The van der Waals surface area contributed by atoms with E-state index >= 15 is 0 Å². The minimum atomic E-state index is -4.92. The van der Waals surface area contributed by atoms with E-state index in [0.717, 1.165) is 17.6 Å². The molecule has 0 spiro atoms. The van der Waals surface area contributed by atoms with Gasteiger partial charge in [-0.3, -0.25) is 10.1 Å². The fourth-order valence-corrected chi connectivity index (χ4v) is 3.26. The molecule has 0 saturated carbocycles. The lowest BCUT2D eigenvalue weighted by atomic mass is 10.0. The number of rotatable bonds is 4. The summed E-state index contributed by atoms with van der Waals surface area (Å²) in [5.74, 6) is -0.704. The van der Waals surface area contributed by atoms with Gasteiger partial charge >= 0.3 is 12.4 Å². The summed E-state index contributed by atoms with van der Waals surface area (Å²) in [6, 6.07) is 1.39. The van der Waals surface area contributed by atoms with Crippen molar-refractivity contribution in [3.05, 3.63) is 58.0 Å². The van der Waals surface area contributed by atoms with Gasteiger partial charge in [-0.25, -0.2) is 4.98 Å². The average Bonchev–Trinajstić information content (AvgIpc) is 3.07. The highest BCUT2D eigenvalue weighted by Crippen LogP contribution is 2.37. The van der Waals surface area contributed by atoms with Crippen molar-refractivity contribution in [1.29, 1.82) is 0 Å². The van der Waals surface area contributed by atoms with Gasteiger partial charge in [0.15, 0.2) is 5.13 Å². The highest BCUT2D eigenvalue weighted by molar-refractivity contribution is 7.15. The summed E-state index contributed by atoms with van der Waals surface area (Å²) in [7, 11) is 0. The van der Waals surface area contributed by atoms with E-state index in [1.54, 1.807) is 0 Å².